The summed E-state index contributed by atoms with van der Waals surface area (Å²) in [6.07, 6.45) is 1.51. The van der Waals surface area contributed by atoms with Crippen LogP contribution in [0.3, 0.4) is 0 Å². The van der Waals surface area contributed by atoms with Crippen molar-refractivity contribution in [3.05, 3.63) is 65.5 Å². The van der Waals surface area contributed by atoms with Gasteiger partial charge in [0.25, 0.3) is 5.91 Å². The van der Waals surface area contributed by atoms with Gasteiger partial charge >= 0.3 is 0 Å². The summed E-state index contributed by atoms with van der Waals surface area (Å²) in [5.74, 6) is -0.362. The number of amides is 1. The Hall–Kier alpha value is -2.44. The highest BCUT2D eigenvalue weighted by molar-refractivity contribution is 5.94. The molecule has 1 amide bonds. The van der Waals surface area contributed by atoms with Crippen LogP contribution in [0.5, 0.6) is 0 Å². The second-order valence-electron chi connectivity index (χ2n) is 7.73. The van der Waals surface area contributed by atoms with E-state index in [1.54, 1.807) is 12.1 Å². The van der Waals surface area contributed by atoms with E-state index in [0.717, 1.165) is 50.4 Å². The molecule has 4 rings (SSSR count). The van der Waals surface area contributed by atoms with E-state index in [2.05, 4.69) is 10.2 Å². The summed E-state index contributed by atoms with van der Waals surface area (Å²) in [4.78, 5) is 15.0. The summed E-state index contributed by atoms with van der Waals surface area (Å²) >= 11 is 0. The van der Waals surface area contributed by atoms with Crippen LogP contribution in [0.4, 0.5) is 10.1 Å². The highest BCUT2D eigenvalue weighted by atomic mass is 19.1. The lowest BCUT2D eigenvalue weighted by Crippen LogP contribution is -2.44. The summed E-state index contributed by atoms with van der Waals surface area (Å²) in [6, 6.07) is 14.4. The molecule has 2 aliphatic rings. The third-order valence-electron chi connectivity index (χ3n) is 5.98. The van der Waals surface area contributed by atoms with E-state index in [4.69, 9.17) is 9.47 Å². The van der Waals surface area contributed by atoms with Gasteiger partial charge in [-0.25, -0.2) is 4.39 Å². The number of carbonyl (C=O) groups excluding carboxylic acids is 1. The Kier molecular flexibility index (Phi) is 6.11. The van der Waals surface area contributed by atoms with Crippen molar-refractivity contribution >= 4 is 11.6 Å². The zero-order valence-electron chi connectivity index (χ0n) is 16.5. The molecule has 6 heteroatoms. The Morgan fingerprint density at radius 1 is 1.00 bits per heavy atom. The first-order chi connectivity index (χ1) is 14.2. The fourth-order valence-corrected chi connectivity index (χ4v) is 4.14. The monoisotopic (exact) mass is 398 g/mol. The SMILES string of the molecule is O=C(NCC1(c2cccc(F)c2)CCOCC1)c1ccc(N2CCOCC2)cc1. The van der Waals surface area contributed by atoms with Crippen LogP contribution in [-0.4, -0.2) is 52.0 Å². The van der Waals surface area contributed by atoms with Gasteiger partial charge in [-0.3, -0.25) is 4.79 Å². The molecule has 2 aromatic carbocycles. The molecule has 1 N–H and O–H groups in total. The van der Waals surface area contributed by atoms with Crippen LogP contribution in [0, 0.1) is 5.82 Å². The van der Waals surface area contributed by atoms with Gasteiger partial charge < -0.3 is 19.7 Å². The molecule has 2 fully saturated rings. The molecule has 0 aromatic heterocycles. The van der Waals surface area contributed by atoms with Crippen molar-refractivity contribution in [1.29, 1.82) is 0 Å². The van der Waals surface area contributed by atoms with Gasteiger partial charge in [0.1, 0.15) is 5.82 Å². The number of halogens is 1. The fourth-order valence-electron chi connectivity index (χ4n) is 4.14. The molecule has 29 heavy (non-hydrogen) atoms. The quantitative estimate of drug-likeness (QED) is 0.841. The number of morpholine rings is 1. The number of carbonyl (C=O) groups is 1. The topological polar surface area (TPSA) is 50.8 Å². The molecule has 0 bridgehead atoms. The molecule has 0 atom stereocenters. The van der Waals surface area contributed by atoms with Crippen LogP contribution in [0.25, 0.3) is 0 Å². The summed E-state index contributed by atoms with van der Waals surface area (Å²) in [5.41, 5.74) is 2.35. The van der Waals surface area contributed by atoms with Gasteiger partial charge in [-0.05, 0) is 54.8 Å². The molecule has 0 radical (unpaired) electrons. The molecule has 154 valence electrons. The van der Waals surface area contributed by atoms with Crippen molar-refractivity contribution in [3.63, 3.8) is 0 Å². The molecule has 0 aliphatic carbocycles. The highest BCUT2D eigenvalue weighted by Gasteiger charge is 2.35. The predicted molar refractivity (Wildman–Crippen MR) is 110 cm³/mol. The molecule has 2 aromatic rings. The standard InChI is InChI=1S/C23H27FN2O3/c24-20-3-1-2-19(16-20)23(8-12-28-13-9-23)17-25-22(27)18-4-6-21(7-5-18)26-10-14-29-15-11-26/h1-7,16H,8-15,17H2,(H,25,27). The number of rotatable bonds is 5. The van der Waals surface area contributed by atoms with Gasteiger partial charge in [-0.2, -0.15) is 0 Å². The molecule has 0 unspecified atom stereocenters. The Morgan fingerprint density at radius 3 is 2.38 bits per heavy atom. The number of hydrogen-bond acceptors (Lipinski definition) is 4. The maximum atomic E-state index is 13.8. The minimum absolute atomic E-state index is 0.110. The summed E-state index contributed by atoms with van der Waals surface area (Å²) in [7, 11) is 0. The second kappa shape index (κ2) is 8.93. The smallest absolute Gasteiger partial charge is 0.251 e. The van der Waals surface area contributed by atoms with Crippen molar-refractivity contribution in [2.45, 2.75) is 18.3 Å². The van der Waals surface area contributed by atoms with E-state index in [1.165, 1.54) is 6.07 Å². The number of hydrogen-bond donors (Lipinski definition) is 1. The number of nitrogens with zero attached hydrogens (tertiary/aromatic N) is 1. The molecule has 2 saturated heterocycles. The van der Waals surface area contributed by atoms with Crippen molar-refractivity contribution < 1.29 is 18.7 Å². The zero-order chi connectivity index (χ0) is 20.1. The number of nitrogens with one attached hydrogen (secondary N) is 1. The molecular weight excluding hydrogens is 371 g/mol. The Labute approximate surface area is 170 Å². The lowest BCUT2D eigenvalue weighted by atomic mass is 9.74. The van der Waals surface area contributed by atoms with E-state index in [0.29, 0.717) is 25.3 Å². The van der Waals surface area contributed by atoms with Crippen molar-refractivity contribution in [3.8, 4) is 0 Å². The van der Waals surface area contributed by atoms with E-state index in [-0.39, 0.29) is 17.1 Å². The summed E-state index contributed by atoms with van der Waals surface area (Å²) < 4.78 is 24.7. The molecule has 0 spiro atoms. The molecule has 0 saturated carbocycles. The van der Waals surface area contributed by atoms with E-state index in [9.17, 15) is 9.18 Å². The van der Waals surface area contributed by atoms with Crippen LogP contribution in [0.1, 0.15) is 28.8 Å². The summed E-state index contributed by atoms with van der Waals surface area (Å²) in [5, 5.41) is 3.08. The maximum absolute atomic E-state index is 13.8. The average Bonchev–Trinajstić information content (AvgIpc) is 2.79. The van der Waals surface area contributed by atoms with Gasteiger partial charge in [0, 0.05) is 49.5 Å². The Morgan fingerprint density at radius 2 is 1.69 bits per heavy atom. The highest BCUT2D eigenvalue weighted by Crippen LogP contribution is 2.34. The number of ether oxygens (including phenoxy) is 2. The van der Waals surface area contributed by atoms with Gasteiger partial charge in [0.2, 0.25) is 0 Å². The maximum Gasteiger partial charge on any atom is 0.251 e. The van der Waals surface area contributed by atoms with Gasteiger partial charge in [0.05, 0.1) is 13.2 Å². The second-order valence-corrected chi connectivity index (χ2v) is 7.73. The Balaban J connectivity index is 1.44. The van der Waals surface area contributed by atoms with E-state index < -0.39 is 0 Å². The average molecular weight is 398 g/mol. The largest absolute Gasteiger partial charge is 0.381 e. The molecule has 2 aliphatic heterocycles. The Bertz CT molecular complexity index is 828. The lowest BCUT2D eigenvalue weighted by Gasteiger charge is -2.38. The lowest BCUT2D eigenvalue weighted by molar-refractivity contribution is 0.0486. The fraction of sp³-hybridized carbons (Fsp3) is 0.435. The summed E-state index contributed by atoms with van der Waals surface area (Å²) in [6.45, 7) is 4.88. The normalized spacial score (nSPS) is 19.0. The number of benzene rings is 2. The molecule has 2 heterocycles. The van der Waals surface area contributed by atoms with Crippen LogP contribution in [0.2, 0.25) is 0 Å². The van der Waals surface area contributed by atoms with Crippen LogP contribution >= 0.6 is 0 Å². The first-order valence-corrected chi connectivity index (χ1v) is 10.2. The van der Waals surface area contributed by atoms with Gasteiger partial charge in [0.15, 0.2) is 0 Å². The first kappa shape index (κ1) is 19.9. The first-order valence-electron chi connectivity index (χ1n) is 10.2. The molecular formula is C23H27FN2O3. The van der Waals surface area contributed by atoms with Crippen LogP contribution < -0.4 is 10.2 Å². The number of anilines is 1. The minimum atomic E-state index is -0.302. The molecule has 5 nitrogen and oxygen atoms in total. The van der Waals surface area contributed by atoms with E-state index in [1.807, 2.05) is 30.3 Å². The van der Waals surface area contributed by atoms with Crippen LogP contribution in [-0.2, 0) is 14.9 Å². The van der Waals surface area contributed by atoms with Crippen molar-refractivity contribution in [1.82, 2.24) is 5.32 Å². The van der Waals surface area contributed by atoms with E-state index >= 15 is 0 Å². The van der Waals surface area contributed by atoms with Gasteiger partial charge in [-0.15, -0.1) is 0 Å². The third kappa shape index (κ3) is 4.60. The van der Waals surface area contributed by atoms with Crippen molar-refractivity contribution in [2.24, 2.45) is 0 Å². The predicted octanol–water partition coefficient (Wildman–Crippen LogP) is 3.14. The van der Waals surface area contributed by atoms with Gasteiger partial charge in [-0.1, -0.05) is 12.1 Å². The third-order valence-corrected chi connectivity index (χ3v) is 5.98. The minimum Gasteiger partial charge on any atom is -0.381 e. The van der Waals surface area contributed by atoms with Crippen molar-refractivity contribution in [2.75, 3.05) is 51.0 Å². The van der Waals surface area contributed by atoms with Crippen LogP contribution in [0.15, 0.2) is 48.5 Å². The zero-order valence-corrected chi connectivity index (χ0v) is 16.5.